The Kier molecular flexibility index (Phi) is 7.39. The molecule has 1 fully saturated rings. The lowest BCUT2D eigenvalue weighted by Crippen LogP contribution is -2.40. The first-order chi connectivity index (χ1) is 20.1. The lowest BCUT2D eigenvalue weighted by Gasteiger charge is -2.37. The predicted octanol–water partition coefficient (Wildman–Crippen LogP) is 6.24. The van der Waals surface area contributed by atoms with Crippen LogP contribution in [-0.2, 0) is 11.3 Å². The highest BCUT2D eigenvalue weighted by atomic mass is 35.5. The highest BCUT2D eigenvalue weighted by Gasteiger charge is 2.29. The summed E-state index contributed by atoms with van der Waals surface area (Å²) in [7, 11) is 2.02. The van der Waals surface area contributed by atoms with Gasteiger partial charge in [-0.15, -0.1) is 0 Å². The van der Waals surface area contributed by atoms with Crippen LogP contribution in [0.4, 0.5) is 5.82 Å². The summed E-state index contributed by atoms with van der Waals surface area (Å²) in [5.41, 5.74) is 6.13. The normalized spacial score (nSPS) is 18.0. The zero-order valence-electron chi connectivity index (χ0n) is 24.4. The molecular weight excluding hydrogens is 548 g/mol. The number of hydrogen-bond acceptors (Lipinski definition) is 7. The van der Waals surface area contributed by atoms with Gasteiger partial charge in [-0.1, -0.05) is 36.4 Å². The Morgan fingerprint density at radius 3 is 2.64 bits per heavy atom. The number of likely N-dealkylation sites (N-methyl/N-ethyl adjacent to an activating group) is 1. The van der Waals surface area contributed by atoms with Crippen molar-refractivity contribution < 1.29 is 9.84 Å². The van der Waals surface area contributed by atoms with E-state index in [1.54, 1.807) is 24.7 Å². The maximum Gasteiger partial charge on any atom is 0.165 e. The van der Waals surface area contributed by atoms with Crippen LogP contribution >= 0.6 is 11.6 Å². The summed E-state index contributed by atoms with van der Waals surface area (Å²) in [5.74, 6) is 1.42. The van der Waals surface area contributed by atoms with Crippen molar-refractivity contribution in [2.45, 2.75) is 39.0 Å². The molecule has 0 saturated carbocycles. The highest BCUT2D eigenvalue weighted by Crippen LogP contribution is 2.37. The molecule has 0 aliphatic carbocycles. The standard InChI is InChI=1S/C33H35ClN6O2/c1-21-14-25(17-38(5)22(21)2)24-8-11-29-28(15-24)32(37-31(36-29)26-16-35-39(18-26)20-33(3,4)41)40-12-13-42-19-30(40)23-6-9-27(34)10-7-23/h6-11,14-18,30,41H,2,12-13,19-20H2,1,3-5H3/t30-/m1/s1. The maximum absolute atomic E-state index is 10.3. The van der Waals surface area contributed by atoms with E-state index in [-0.39, 0.29) is 6.04 Å². The summed E-state index contributed by atoms with van der Waals surface area (Å²) in [4.78, 5) is 14.5. The summed E-state index contributed by atoms with van der Waals surface area (Å²) < 4.78 is 7.69. The lowest BCUT2D eigenvalue weighted by molar-refractivity contribution is 0.0577. The third-order valence-corrected chi connectivity index (χ3v) is 7.94. The van der Waals surface area contributed by atoms with Crippen molar-refractivity contribution >= 4 is 33.9 Å². The molecule has 1 saturated heterocycles. The first kappa shape index (κ1) is 28.2. The second kappa shape index (κ2) is 11.0. The molecule has 0 unspecified atom stereocenters. The zero-order chi connectivity index (χ0) is 29.6. The molecule has 2 aliphatic heterocycles. The van der Waals surface area contributed by atoms with Crippen LogP contribution in [0.3, 0.4) is 0 Å². The summed E-state index contributed by atoms with van der Waals surface area (Å²) in [6.07, 6.45) is 7.91. The number of hydrogen-bond donors (Lipinski definition) is 1. The number of halogens is 1. The van der Waals surface area contributed by atoms with Crippen LogP contribution in [0.25, 0.3) is 27.9 Å². The molecule has 2 aromatic heterocycles. The van der Waals surface area contributed by atoms with Crippen molar-refractivity contribution in [3.63, 3.8) is 0 Å². The summed E-state index contributed by atoms with van der Waals surface area (Å²) in [6, 6.07) is 14.2. The smallest absolute Gasteiger partial charge is 0.165 e. The van der Waals surface area contributed by atoms with E-state index in [0.29, 0.717) is 37.2 Å². The number of aromatic nitrogens is 4. The fourth-order valence-corrected chi connectivity index (χ4v) is 5.62. The minimum Gasteiger partial charge on any atom is -0.389 e. The van der Waals surface area contributed by atoms with E-state index >= 15 is 0 Å². The van der Waals surface area contributed by atoms with Gasteiger partial charge >= 0.3 is 0 Å². The van der Waals surface area contributed by atoms with Crippen LogP contribution < -0.4 is 4.90 Å². The number of allylic oxidation sites excluding steroid dienone is 3. The average Bonchev–Trinajstić information content (AvgIpc) is 3.42. The fourth-order valence-electron chi connectivity index (χ4n) is 5.50. The molecule has 4 aromatic rings. The number of nitrogens with zero attached hydrogens (tertiary/aromatic N) is 6. The van der Waals surface area contributed by atoms with Gasteiger partial charge in [-0.3, -0.25) is 4.68 Å². The van der Waals surface area contributed by atoms with Gasteiger partial charge in [0, 0.05) is 42.1 Å². The molecule has 42 heavy (non-hydrogen) atoms. The van der Waals surface area contributed by atoms with Crippen LogP contribution in [0.2, 0.25) is 5.02 Å². The Hall–Kier alpha value is -3.98. The predicted molar refractivity (Wildman–Crippen MR) is 168 cm³/mol. The Bertz CT molecular complexity index is 1720. The molecule has 8 nitrogen and oxygen atoms in total. The van der Waals surface area contributed by atoms with Crippen LogP contribution in [0.5, 0.6) is 0 Å². The minimum absolute atomic E-state index is 0.0472. The topological polar surface area (TPSA) is 79.5 Å². The number of benzene rings is 2. The van der Waals surface area contributed by atoms with Crippen molar-refractivity contribution in [1.82, 2.24) is 24.6 Å². The number of rotatable bonds is 6. The van der Waals surface area contributed by atoms with Gasteiger partial charge in [-0.05, 0) is 73.4 Å². The second-order valence-electron chi connectivity index (χ2n) is 11.6. The number of morpholine rings is 1. The van der Waals surface area contributed by atoms with E-state index in [9.17, 15) is 5.11 Å². The van der Waals surface area contributed by atoms with Gasteiger partial charge in [0.2, 0.25) is 0 Å². The van der Waals surface area contributed by atoms with Crippen molar-refractivity contribution in [3.8, 4) is 11.4 Å². The first-order valence-corrected chi connectivity index (χ1v) is 14.4. The molecule has 4 heterocycles. The van der Waals surface area contributed by atoms with Gasteiger partial charge in [0.15, 0.2) is 5.82 Å². The van der Waals surface area contributed by atoms with Gasteiger partial charge in [0.25, 0.3) is 0 Å². The molecular formula is C33H35ClN6O2. The Morgan fingerprint density at radius 1 is 1.12 bits per heavy atom. The summed E-state index contributed by atoms with van der Waals surface area (Å²) in [5, 5.41) is 16.4. The number of anilines is 1. The third kappa shape index (κ3) is 5.70. The SMILES string of the molecule is C=C1C(C)=CC(c2ccc3nc(-c4cnn(CC(C)(C)O)c4)nc(N4CCOC[C@@H]4c4ccc(Cl)cc4)c3c2)=CN1C. The molecule has 216 valence electrons. The van der Waals surface area contributed by atoms with Crippen LogP contribution in [0.15, 0.2) is 85.0 Å². The van der Waals surface area contributed by atoms with E-state index in [4.69, 9.17) is 26.3 Å². The van der Waals surface area contributed by atoms with E-state index < -0.39 is 5.60 Å². The van der Waals surface area contributed by atoms with Gasteiger partial charge in [-0.25, -0.2) is 9.97 Å². The second-order valence-corrected chi connectivity index (χ2v) is 12.1. The highest BCUT2D eigenvalue weighted by molar-refractivity contribution is 6.30. The van der Waals surface area contributed by atoms with Gasteiger partial charge < -0.3 is 19.6 Å². The van der Waals surface area contributed by atoms with Crippen molar-refractivity contribution in [2.24, 2.45) is 0 Å². The maximum atomic E-state index is 10.3. The fraction of sp³-hybridized carbons (Fsp3) is 0.303. The van der Waals surface area contributed by atoms with E-state index in [0.717, 1.165) is 50.3 Å². The summed E-state index contributed by atoms with van der Waals surface area (Å²) in [6.45, 7) is 11.9. The van der Waals surface area contributed by atoms with Crippen molar-refractivity contribution in [2.75, 3.05) is 31.7 Å². The van der Waals surface area contributed by atoms with Gasteiger partial charge in [0.1, 0.15) is 5.82 Å². The van der Waals surface area contributed by atoms with E-state index in [1.807, 2.05) is 37.5 Å². The Morgan fingerprint density at radius 2 is 1.90 bits per heavy atom. The average molecular weight is 583 g/mol. The quantitative estimate of drug-likeness (QED) is 0.288. The Balaban J connectivity index is 1.50. The largest absolute Gasteiger partial charge is 0.389 e. The van der Waals surface area contributed by atoms with E-state index in [1.165, 1.54) is 0 Å². The molecule has 9 heteroatoms. The molecule has 2 aliphatic rings. The minimum atomic E-state index is -0.893. The van der Waals surface area contributed by atoms with Crippen LogP contribution in [0.1, 0.15) is 37.9 Å². The first-order valence-electron chi connectivity index (χ1n) is 14.1. The monoisotopic (exact) mass is 582 g/mol. The van der Waals surface area contributed by atoms with Crippen molar-refractivity contribution in [1.29, 1.82) is 0 Å². The van der Waals surface area contributed by atoms with Gasteiger partial charge in [-0.2, -0.15) is 5.10 Å². The number of fused-ring (bicyclic) bond motifs is 1. The molecule has 0 radical (unpaired) electrons. The Labute approximate surface area is 251 Å². The number of ether oxygens (including phenoxy) is 1. The van der Waals surface area contributed by atoms with Crippen LogP contribution in [0, 0.1) is 0 Å². The zero-order valence-corrected chi connectivity index (χ0v) is 25.1. The number of aliphatic hydroxyl groups is 1. The summed E-state index contributed by atoms with van der Waals surface area (Å²) >= 11 is 6.23. The molecule has 6 rings (SSSR count). The molecule has 1 N–H and O–H groups in total. The molecule has 0 spiro atoms. The molecule has 1 atom stereocenters. The van der Waals surface area contributed by atoms with Gasteiger partial charge in [0.05, 0.1) is 48.7 Å². The van der Waals surface area contributed by atoms with E-state index in [2.05, 4.69) is 58.9 Å². The molecule has 0 amide bonds. The molecule has 0 bridgehead atoms. The van der Waals surface area contributed by atoms with Crippen molar-refractivity contribution in [3.05, 3.63) is 101 Å². The third-order valence-electron chi connectivity index (χ3n) is 7.69. The van der Waals surface area contributed by atoms with Crippen LogP contribution in [-0.4, -0.2) is 62.2 Å². The molecule has 2 aromatic carbocycles. The lowest BCUT2D eigenvalue weighted by atomic mass is 9.98.